The predicted molar refractivity (Wildman–Crippen MR) is 133 cm³/mol. The van der Waals surface area contributed by atoms with Crippen LogP contribution < -0.4 is 9.64 Å². The van der Waals surface area contributed by atoms with E-state index in [1.165, 1.54) is 0 Å². The van der Waals surface area contributed by atoms with E-state index in [9.17, 15) is 4.79 Å². The Bertz CT molecular complexity index is 1020. The van der Waals surface area contributed by atoms with Gasteiger partial charge in [-0.1, -0.05) is 42.9 Å². The minimum Gasteiger partial charge on any atom is -0.494 e. The molecule has 1 aromatic heterocycles. The number of nitrogens with zero attached hydrogens (tertiary/aromatic N) is 3. The normalized spacial score (nSPS) is 10.9. The molecule has 2 aromatic carbocycles. The van der Waals surface area contributed by atoms with E-state index in [1.54, 1.807) is 11.3 Å². The summed E-state index contributed by atoms with van der Waals surface area (Å²) in [6.07, 6.45) is 0. The molecule has 7 heteroatoms. The van der Waals surface area contributed by atoms with Crippen LogP contribution in [0.2, 0.25) is 0 Å². The number of thiazole rings is 1. The smallest absolute Gasteiger partial charge is 0.260 e. The van der Waals surface area contributed by atoms with E-state index >= 15 is 0 Å². The second kappa shape index (κ2) is 11.5. The lowest BCUT2D eigenvalue weighted by Crippen LogP contribution is -2.39. The third-order valence-electron chi connectivity index (χ3n) is 5.29. The van der Waals surface area contributed by atoms with Crippen LogP contribution in [0, 0.1) is 13.8 Å². The third kappa shape index (κ3) is 5.97. The van der Waals surface area contributed by atoms with Crippen LogP contribution in [0.4, 0.5) is 5.13 Å². The number of fused-ring (bicyclic) bond motifs is 1. The van der Waals surface area contributed by atoms with Gasteiger partial charge >= 0.3 is 0 Å². The van der Waals surface area contributed by atoms with Crippen molar-refractivity contribution in [2.45, 2.75) is 34.6 Å². The zero-order valence-electron chi connectivity index (χ0n) is 19.0. The highest BCUT2D eigenvalue weighted by atomic mass is 35.5. The number of anilines is 1. The molecule has 0 spiro atoms. The maximum Gasteiger partial charge on any atom is 0.260 e. The molecule has 0 fully saturated rings. The van der Waals surface area contributed by atoms with Gasteiger partial charge in [0.05, 0.1) is 16.8 Å². The molecule has 0 radical (unpaired) electrons. The number of ether oxygens (including phenoxy) is 1. The molecule has 3 rings (SSSR count). The van der Waals surface area contributed by atoms with Crippen LogP contribution in [0.15, 0.2) is 36.4 Å². The topological polar surface area (TPSA) is 45.7 Å². The number of aryl methyl sites for hydroxylation is 2. The molecular formula is C24H32ClN3O2S. The van der Waals surface area contributed by atoms with Crippen molar-refractivity contribution < 1.29 is 9.53 Å². The fourth-order valence-corrected chi connectivity index (χ4v) is 4.46. The Balaban J connectivity index is 0.00000341. The molecule has 0 atom stereocenters. The number of likely N-dealkylation sites (N-methyl/N-ethyl adjacent to an activating group) is 1. The summed E-state index contributed by atoms with van der Waals surface area (Å²) in [6, 6.07) is 11.9. The number of hydrogen-bond donors (Lipinski definition) is 0. The Morgan fingerprint density at radius 1 is 1.03 bits per heavy atom. The van der Waals surface area contributed by atoms with Crippen molar-refractivity contribution in [3.05, 3.63) is 53.1 Å². The molecule has 1 heterocycles. The molecule has 0 aliphatic carbocycles. The third-order valence-corrected chi connectivity index (χ3v) is 6.33. The number of carbonyl (C=O) groups excluding carboxylic acids is 1. The van der Waals surface area contributed by atoms with Crippen molar-refractivity contribution in [1.82, 2.24) is 9.88 Å². The molecule has 0 saturated carbocycles. The number of carbonyl (C=O) groups is 1. The van der Waals surface area contributed by atoms with E-state index in [-0.39, 0.29) is 18.3 Å². The number of halogens is 1. The summed E-state index contributed by atoms with van der Waals surface area (Å²) < 4.78 is 6.65. The number of rotatable bonds is 9. The highest BCUT2D eigenvalue weighted by Gasteiger charge is 2.23. The summed E-state index contributed by atoms with van der Waals surface area (Å²) in [5, 5.41) is 0.733. The van der Waals surface area contributed by atoms with Gasteiger partial charge in [-0.3, -0.25) is 9.69 Å². The molecule has 0 aliphatic rings. The van der Waals surface area contributed by atoms with Crippen LogP contribution in [0.3, 0.4) is 0 Å². The molecule has 0 unspecified atom stereocenters. The van der Waals surface area contributed by atoms with E-state index < -0.39 is 0 Å². The number of hydrogen-bond acceptors (Lipinski definition) is 5. The lowest BCUT2D eigenvalue weighted by atomic mass is 10.0. The van der Waals surface area contributed by atoms with Crippen LogP contribution in [0.1, 0.15) is 42.3 Å². The highest BCUT2D eigenvalue weighted by Crippen LogP contribution is 2.32. The maximum absolute atomic E-state index is 13.6. The molecular weight excluding hydrogens is 430 g/mol. The highest BCUT2D eigenvalue weighted by molar-refractivity contribution is 7.22. The Morgan fingerprint density at radius 2 is 1.77 bits per heavy atom. The fourth-order valence-electron chi connectivity index (χ4n) is 3.44. The second-order valence-corrected chi connectivity index (χ2v) is 8.37. The fraction of sp³-hybridized carbons (Fsp3) is 0.417. The van der Waals surface area contributed by atoms with Gasteiger partial charge in [0.1, 0.15) is 5.75 Å². The molecule has 0 N–H and O–H groups in total. The first kappa shape index (κ1) is 25.1. The van der Waals surface area contributed by atoms with Gasteiger partial charge in [-0.25, -0.2) is 4.98 Å². The first-order chi connectivity index (χ1) is 14.5. The van der Waals surface area contributed by atoms with E-state index in [2.05, 4.69) is 18.7 Å². The van der Waals surface area contributed by atoms with Gasteiger partial charge in [0, 0.05) is 18.7 Å². The average molecular weight is 462 g/mol. The SMILES string of the molecule is CCOc1ccc2nc(N(CCN(CC)CC)C(=O)c3cc(C)ccc3C)sc2c1.Cl. The van der Waals surface area contributed by atoms with Crippen molar-refractivity contribution in [3.8, 4) is 5.75 Å². The van der Waals surface area contributed by atoms with Crippen LogP contribution in [-0.2, 0) is 0 Å². The Morgan fingerprint density at radius 3 is 2.45 bits per heavy atom. The van der Waals surface area contributed by atoms with Crippen LogP contribution in [0.5, 0.6) is 5.75 Å². The van der Waals surface area contributed by atoms with Crippen molar-refractivity contribution in [1.29, 1.82) is 0 Å². The van der Waals surface area contributed by atoms with Gasteiger partial charge in [0.25, 0.3) is 5.91 Å². The molecule has 0 aliphatic heterocycles. The minimum absolute atomic E-state index is 0. The summed E-state index contributed by atoms with van der Waals surface area (Å²) in [5.41, 5.74) is 3.69. The van der Waals surface area contributed by atoms with Gasteiger partial charge in [-0.2, -0.15) is 0 Å². The Kier molecular flexibility index (Phi) is 9.29. The van der Waals surface area contributed by atoms with E-state index in [4.69, 9.17) is 9.72 Å². The monoisotopic (exact) mass is 461 g/mol. The summed E-state index contributed by atoms with van der Waals surface area (Å²) in [6.45, 7) is 14.2. The molecule has 0 saturated heterocycles. The van der Waals surface area contributed by atoms with Crippen molar-refractivity contribution >= 4 is 45.0 Å². The molecule has 1 amide bonds. The van der Waals surface area contributed by atoms with Crippen LogP contribution in [0.25, 0.3) is 10.2 Å². The zero-order chi connectivity index (χ0) is 21.7. The summed E-state index contributed by atoms with van der Waals surface area (Å²) >= 11 is 1.54. The molecule has 3 aromatic rings. The van der Waals surface area contributed by atoms with Gasteiger partial charge in [0.15, 0.2) is 5.13 Å². The van der Waals surface area contributed by atoms with Crippen molar-refractivity contribution in [2.24, 2.45) is 0 Å². The van der Waals surface area contributed by atoms with E-state index in [0.29, 0.717) is 13.2 Å². The lowest BCUT2D eigenvalue weighted by molar-refractivity contribution is 0.0983. The molecule has 31 heavy (non-hydrogen) atoms. The molecule has 168 valence electrons. The second-order valence-electron chi connectivity index (χ2n) is 7.36. The van der Waals surface area contributed by atoms with Gasteiger partial charge in [-0.05, 0) is 63.7 Å². The zero-order valence-corrected chi connectivity index (χ0v) is 20.6. The predicted octanol–water partition coefficient (Wildman–Crippen LogP) is 5.72. The maximum atomic E-state index is 13.6. The van der Waals surface area contributed by atoms with Gasteiger partial charge in [-0.15, -0.1) is 12.4 Å². The van der Waals surface area contributed by atoms with E-state index in [0.717, 1.165) is 57.4 Å². The largest absolute Gasteiger partial charge is 0.494 e. The number of benzene rings is 2. The number of amides is 1. The van der Waals surface area contributed by atoms with Crippen LogP contribution in [-0.4, -0.2) is 48.6 Å². The summed E-state index contributed by atoms with van der Waals surface area (Å²) in [5.74, 6) is 0.836. The van der Waals surface area contributed by atoms with E-state index in [1.807, 2.05) is 62.1 Å². The van der Waals surface area contributed by atoms with Gasteiger partial charge in [0.2, 0.25) is 0 Å². The quantitative estimate of drug-likeness (QED) is 0.408. The van der Waals surface area contributed by atoms with Crippen molar-refractivity contribution in [2.75, 3.05) is 37.7 Å². The first-order valence-corrected chi connectivity index (χ1v) is 11.4. The lowest BCUT2D eigenvalue weighted by Gasteiger charge is -2.25. The standard InChI is InChI=1S/C24H31N3O2S.ClH/c1-6-26(7-2)13-14-27(23(28)20-15-17(4)9-10-18(20)5)24-25-21-12-11-19(29-8-3)16-22(21)30-24;/h9-12,15-16H,6-8,13-14H2,1-5H3;1H. The summed E-state index contributed by atoms with van der Waals surface area (Å²) in [4.78, 5) is 22.6. The Labute approximate surface area is 195 Å². The molecule has 5 nitrogen and oxygen atoms in total. The summed E-state index contributed by atoms with van der Waals surface area (Å²) in [7, 11) is 0. The Hall–Kier alpha value is -2.15. The minimum atomic E-state index is 0. The molecule has 0 bridgehead atoms. The first-order valence-electron chi connectivity index (χ1n) is 10.6. The van der Waals surface area contributed by atoms with Gasteiger partial charge < -0.3 is 9.64 Å². The van der Waals surface area contributed by atoms with Crippen molar-refractivity contribution in [3.63, 3.8) is 0 Å². The average Bonchev–Trinajstić information content (AvgIpc) is 3.16. The number of aromatic nitrogens is 1. The van der Waals surface area contributed by atoms with Crippen LogP contribution >= 0.6 is 23.7 Å².